The number of halogens is 1. The number of hydrogen-bond acceptors (Lipinski definition) is 2. The maximum Gasteiger partial charge on any atom is 0.227 e. The molecule has 1 saturated carbocycles. The van der Waals surface area contributed by atoms with Gasteiger partial charge in [0.2, 0.25) is 5.91 Å². The Labute approximate surface area is 111 Å². The number of rotatable bonds is 3. The highest BCUT2D eigenvalue weighted by Crippen LogP contribution is 2.23. The maximum atomic E-state index is 12.2. The summed E-state index contributed by atoms with van der Waals surface area (Å²) in [5.41, 5.74) is 6.11. The quantitative estimate of drug-likeness (QED) is 0.792. The van der Waals surface area contributed by atoms with Gasteiger partial charge in [0, 0.05) is 19.6 Å². The van der Waals surface area contributed by atoms with Crippen LogP contribution in [0.5, 0.6) is 0 Å². The molecule has 0 bridgehead atoms. The third-order valence-corrected chi connectivity index (χ3v) is 3.42. The van der Waals surface area contributed by atoms with Gasteiger partial charge in [0.1, 0.15) is 0 Å². The van der Waals surface area contributed by atoms with E-state index < -0.39 is 0 Å². The van der Waals surface area contributed by atoms with E-state index in [4.69, 9.17) is 5.73 Å². The van der Waals surface area contributed by atoms with Gasteiger partial charge in [-0.1, -0.05) is 31.8 Å². The Bertz CT molecular complexity index is 246. The van der Waals surface area contributed by atoms with Crippen molar-refractivity contribution >= 4 is 18.3 Å². The lowest BCUT2D eigenvalue weighted by Crippen LogP contribution is -2.43. The van der Waals surface area contributed by atoms with Crippen molar-refractivity contribution in [2.24, 2.45) is 11.7 Å². The van der Waals surface area contributed by atoms with Crippen LogP contribution in [0.3, 0.4) is 0 Å². The van der Waals surface area contributed by atoms with Gasteiger partial charge >= 0.3 is 0 Å². The zero-order valence-electron chi connectivity index (χ0n) is 10.7. The van der Waals surface area contributed by atoms with Crippen molar-refractivity contribution in [1.29, 1.82) is 0 Å². The monoisotopic (exact) mass is 260 g/mol. The summed E-state index contributed by atoms with van der Waals surface area (Å²) in [6, 6.07) is 0.0417. The van der Waals surface area contributed by atoms with E-state index in [1.54, 1.807) is 11.0 Å². The predicted molar refractivity (Wildman–Crippen MR) is 74.2 cm³/mol. The maximum absolute atomic E-state index is 12.2. The summed E-state index contributed by atoms with van der Waals surface area (Å²) in [6.45, 7) is 4.27. The standard InChI is InChI=1S/C13H24N2O.ClH/c1-3-10-15(2)13(16)11-8-6-4-5-7-9-12(11)14;/h3,11-12H,1,4-10,14H2,2H3;1H. The van der Waals surface area contributed by atoms with E-state index in [2.05, 4.69) is 6.58 Å². The molecule has 4 heteroatoms. The fourth-order valence-electron chi connectivity index (χ4n) is 2.39. The molecule has 0 heterocycles. The second-order valence-electron chi connectivity index (χ2n) is 4.77. The SMILES string of the molecule is C=CCN(C)C(=O)C1CCCCCCC1N.Cl. The third-order valence-electron chi connectivity index (χ3n) is 3.42. The summed E-state index contributed by atoms with van der Waals surface area (Å²) in [7, 11) is 1.83. The van der Waals surface area contributed by atoms with Crippen molar-refractivity contribution in [1.82, 2.24) is 4.90 Å². The number of carbonyl (C=O) groups is 1. The topological polar surface area (TPSA) is 46.3 Å². The zero-order valence-corrected chi connectivity index (χ0v) is 11.5. The van der Waals surface area contributed by atoms with Crippen molar-refractivity contribution in [2.45, 2.75) is 44.6 Å². The molecular weight excluding hydrogens is 236 g/mol. The Hall–Kier alpha value is -0.540. The molecule has 1 aliphatic rings. The number of nitrogens with two attached hydrogens (primary N) is 1. The molecule has 0 aliphatic heterocycles. The van der Waals surface area contributed by atoms with Crippen LogP contribution in [-0.2, 0) is 4.79 Å². The molecule has 1 rings (SSSR count). The van der Waals surface area contributed by atoms with Gasteiger partial charge < -0.3 is 10.6 Å². The van der Waals surface area contributed by atoms with Crippen molar-refractivity contribution in [3.8, 4) is 0 Å². The van der Waals surface area contributed by atoms with E-state index >= 15 is 0 Å². The molecule has 3 nitrogen and oxygen atoms in total. The van der Waals surface area contributed by atoms with Gasteiger partial charge in [0.25, 0.3) is 0 Å². The van der Waals surface area contributed by atoms with Gasteiger partial charge in [-0.2, -0.15) is 0 Å². The first-order valence-corrected chi connectivity index (χ1v) is 6.28. The van der Waals surface area contributed by atoms with Gasteiger partial charge in [-0.25, -0.2) is 0 Å². The van der Waals surface area contributed by atoms with Crippen LogP contribution < -0.4 is 5.73 Å². The predicted octanol–water partition coefficient (Wildman–Crippen LogP) is 2.35. The summed E-state index contributed by atoms with van der Waals surface area (Å²) in [5.74, 6) is 0.208. The molecule has 2 N–H and O–H groups in total. The molecule has 2 atom stereocenters. The minimum Gasteiger partial charge on any atom is -0.342 e. The molecule has 1 aliphatic carbocycles. The highest BCUT2D eigenvalue weighted by molar-refractivity contribution is 5.85. The number of amides is 1. The molecule has 1 fully saturated rings. The Balaban J connectivity index is 0.00000256. The van der Waals surface area contributed by atoms with Gasteiger partial charge in [-0.3, -0.25) is 4.79 Å². The number of nitrogens with zero attached hydrogens (tertiary/aromatic N) is 1. The molecular formula is C13H25ClN2O. The summed E-state index contributed by atoms with van der Waals surface area (Å²) >= 11 is 0. The molecule has 0 aromatic carbocycles. The second kappa shape index (κ2) is 8.54. The van der Waals surface area contributed by atoms with E-state index in [9.17, 15) is 4.79 Å². The van der Waals surface area contributed by atoms with Gasteiger partial charge in [0.05, 0.1) is 5.92 Å². The molecule has 0 saturated heterocycles. The smallest absolute Gasteiger partial charge is 0.227 e. The first-order chi connectivity index (χ1) is 7.66. The Morgan fingerprint density at radius 2 is 1.94 bits per heavy atom. The van der Waals surface area contributed by atoms with E-state index in [-0.39, 0.29) is 30.3 Å². The Kier molecular flexibility index (Phi) is 8.26. The van der Waals surface area contributed by atoms with Crippen LogP contribution in [-0.4, -0.2) is 30.4 Å². The molecule has 1 amide bonds. The molecule has 0 aromatic heterocycles. The van der Waals surface area contributed by atoms with E-state index in [1.165, 1.54) is 12.8 Å². The lowest BCUT2D eigenvalue weighted by molar-refractivity contribution is -0.134. The van der Waals surface area contributed by atoms with Crippen molar-refractivity contribution in [3.05, 3.63) is 12.7 Å². The summed E-state index contributed by atoms with van der Waals surface area (Å²) < 4.78 is 0. The number of hydrogen-bond donors (Lipinski definition) is 1. The molecule has 0 radical (unpaired) electrons. The molecule has 17 heavy (non-hydrogen) atoms. The highest BCUT2D eigenvalue weighted by Gasteiger charge is 2.27. The van der Waals surface area contributed by atoms with E-state index in [1.807, 2.05) is 7.05 Å². The average molecular weight is 261 g/mol. The fourth-order valence-corrected chi connectivity index (χ4v) is 2.39. The third kappa shape index (κ3) is 5.09. The lowest BCUT2D eigenvalue weighted by atomic mass is 9.86. The highest BCUT2D eigenvalue weighted by atomic mass is 35.5. The number of likely N-dealkylation sites (N-methyl/N-ethyl adjacent to an activating group) is 1. The first kappa shape index (κ1) is 16.5. The van der Waals surface area contributed by atoms with Crippen molar-refractivity contribution in [2.75, 3.05) is 13.6 Å². The minimum absolute atomic E-state index is 0. The Morgan fingerprint density at radius 3 is 2.53 bits per heavy atom. The number of carbonyl (C=O) groups excluding carboxylic acids is 1. The summed E-state index contributed by atoms with van der Waals surface area (Å²) in [5, 5.41) is 0. The molecule has 0 spiro atoms. The van der Waals surface area contributed by atoms with Crippen LogP contribution >= 0.6 is 12.4 Å². The van der Waals surface area contributed by atoms with Gasteiger partial charge in [-0.05, 0) is 12.8 Å². The lowest BCUT2D eigenvalue weighted by Gasteiger charge is -2.28. The van der Waals surface area contributed by atoms with Gasteiger partial charge in [0.15, 0.2) is 0 Å². The van der Waals surface area contributed by atoms with E-state index in [0.29, 0.717) is 6.54 Å². The van der Waals surface area contributed by atoms with Gasteiger partial charge in [-0.15, -0.1) is 19.0 Å². The van der Waals surface area contributed by atoms with Crippen LogP contribution in [0.1, 0.15) is 38.5 Å². The Morgan fingerprint density at radius 1 is 1.35 bits per heavy atom. The molecule has 0 aromatic rings. The first-order valence-electron chi connectivity index (χ1n) is 6.28. The normalized spacial score (nSPS) is 25.1. The molecule has 100 valence electrons. The zero-order chi connectivity index (χ0) is 12.0. The average Bonchev–Trinajstić information content (AvgIpc) is 2.24. The van der Waals surface area contributed by atoms with Crippen molar-refractivity contribution < 1.29 is 4.79 Å². The van der Waals surface area contributed by atoms with Crippen LogP contribution in [0.15, 0.2) is 12.7 Å². The van der Waals surface area contributed by atoms with Crippen LogP contribution in [0.25, 0.3) is 0 Å². The van der Waals surface area contributed by atoms with Crippen LogP contribution in [0.4, 0.5) is 0 Å². The fraction of sp³-hybridized carbons (Fsp3) is 0.769. The minimum atomic E-state index is 0. The van der Waals surface area contributed by atoms with Crippen LogP contribution in [0.2, 0.25) is 0 Å². The summed E-state index contributed by atoms with van der Waals surface area (Å²) in [6.07, 6.45) is 8.48. The van der Waals surface area contributed by atoms with E-state index in [0.717, 1.165) is 25.7 Å². The van der Waals surface area contributed by atoms with Crippen molar-refractivity contribution in [3.63, 3.8) is 0 Å². The molecule has 2 unspecified atom stereocenters. The van der Waals surface area contributed by atoms with Crippen LogP contribution in [0, 0.1) is 5.92 Å². The second-order valence-corrected chi connectivity index (χ2v) is 4.77. The summed E-state index contributed by atoms with van der Waals surface area (Å²) in [4.78, 5) is 13.9. The largest absolute Gasteiger partial charge is 0.342 e.